The lowest BCUT2D eigenvalue weighted by atomic mass is 10.2. The average molecular weight is 232 g/mol. The quantitative estimate of drug-likeness (QED) is 0.779. The Morgan fingerprint density at radius 3 is 3.00 bits per heavy atom. The van der Waals surface area contributed by atoms with E-state index >= 15 is 0 Å². The van der Waals surface area contributed by atoms with Crippen molar-refractivity contribution in [2.45, 2.75) is 32.4 Å². The van der Waals surface area contributed by atoms with E-state index < -0.39 is 0 Å². The maximum Gasteiger partial charge on any atom is 0.223 e. The standard InChI is InChI=1S/C8H10ClN3OS/c1-5-2-3-7(13)12(5)4-6-8(9)14-11-10-6/h5H,2-4H2,1H3. The fraction of sp³-hybridized carbons (Fsp3) is 0.625. The molecule has 1 aliphatic rings. The zero-order valence-corrected chi connectivity index (χ0v) is 9.31. The zero-order chi connectivity index (χ0) is 10.1. The lowest BCUT2D eigenvalue weighted by Crippen LogP contribution is -2.30. The van der Waals surface area contributed by atoms with E-state index in [2.05, 4.69) is 9.59 Å². The molecule has 6 heteroatoms. The van der Waals surface area contributed by atoms with Crippen molar-refractivity contribution < 1.29 is 4.79 Å². The SMILES string of the molecule is CC1CCC(=O)N1Cc1nnsc1Cl. The monoisotopic (exact) mass is 231 g/mol. The Bertz CT molecular complexity index is 354. The molecule has 1 fully saturated rings. The molecule has 4 nitrogen and oxygen atoms in total. The summed E-state index contributed by atoms with van der Waals surface area (Å²) >= 11 is 7.03. The number of carbonyl (C=O) groups excluding carboxylic acids is 1. The molecule has 14 heavy (non-hydrogen) atoms. The largest absolute Gasteiger partial charge is 0.334 e. The molecule has 1 aromatic rings. The molecule has 0 spiro atoms. The first-order valence-corrected chi connectivity index (χ1v) is 5.60. The second-order valence-electron chi connectivity index (χ2n) is 3.40. The molecule has 1 aromatic heterocycles. The minimum Gasteiger partial charge on any atom is -0.334 e. The van der Waals surface area contributed by atoms with Crippen LogP contribution in [0.2, 0.25) is 4.34 Å². The molecule has 0 saturated carbocycles. The molecular weight excluding hydrogens is 222 g/mol. The number of nitrogens with zero attached hydrogens (tertiary/aromatic N) is 3. The van der Waals surface area contributed by atoms with Gasteiger partial charge >= 0.3 is 0 Å². The number of halogens is 1. The number of hydrogen-bond donors (Lipinski definition) is 0. The molecule has 76 valence electrons. The summed E-state index contributed by atoms with van der Waals surface area (Å²) in [7, 11) is 0. The highest BCUT2D eigenvalue weighted by molar-refractivity contribution is 7.10. The van der Waals surface area contributed by atoms with E-state index in [9.17, 15) is 4.79 Å². The van der Waals surface area contributed by atoms with Crippen molar-refractivity contribution in [1.29, 1.82) is 0 Å². The third-order valence-corrected chi connectivity index (χ3v) is 3.44. The first-order valence-electron chi connectivity index (χ1n) is 4.44. The summed E-state index contributed by atoms with van der Waals surface area (Å²) in [4.78, 5) is 13.3. The molecular formula is C8H10ClN3OS. The van der Waals surface area contributed by atoms with Gasteiger partial charge in [0.1, 0.15) is 10.0 Å². The van der Waals surface area contributed by atoms with Crippen molar-refractivity contribution in [3.63, 3.8) is 0 Å². The van der Waals surface area contributed by atoms with E-state index in [1.807, 2.05) is 11.8 Å². The van der Waals surface area contributed by atoms with Gasteiger partial charge in [-0.1, -0.05) is 16.1 Å². The Labute approximate surface area is 91.0 Å². The molecule has 2 heterocycles. The molecule has 0 N–H and O–H groups in total. The van der Waals surface area contributed by atoms with E-state index in [1.165, 1.54) is 0 Å². The van der Waals surface area contributed by atoms with Crippen LogP contribution >= 0.6 is 23.1 Å². The number of rotatable bonds is 2. The number of likely N-dealkylation sites (tertiary alicyclic amines) is 1. The summed E-state index contributed by atoms with van der Waals surface area (Å²) in [6.45, 7) is 2.54. The molecule has 0 aliphatic carbocycles. The Kier molecular flexibility index (Phi) is 2.69. The van der Waals surface area contributed by atoms with E-state index in [0.717, 1.165) is 18.0 Å². The predicted molar refractivity (Wildman–Crippen MR) is 54.2 cm³/mol. The van der Waals surface area contributed by atoms with Crippen LogP contribution in [0.5, 0.6) is 0 Å². The minimum absolute atomic E-state index is 0.182. The van der Waals surface area contributed by atoms with E-state index in [0.29, 0.717) is 29.0 Å². The van der Waals surface area contributed by atoms with E-state index in [1.54, 1.807) is 0 Å². The van der Waals surface area contributed by atoms with Gasteiger partial charge in [-0.2, -0.15) is 0 Å². The summed E-state index contributed by atoms with van der Waals surface area (Å²) in [5.41, 5.74) is 0.707. The van der Waals surface area contributed by atoms with Gasteiger partial charge in [0.05, 0.1) is 6.54 Å². The van der Waals surface area contributed by atoms with Gasteiger partial charge in [0.15, 0.2) is 0 Å². The lowest BCUT2D eigenvalue weighted by molar-refractivity contribution is -0.129. The molecule has 1 unspecified atom stereocenters. The molecule has 1 saturated heterocycles. The number of aromatic nitrogens is 2. The Balaban J connectivity index is 2.11. The van der Waals surface area contributed by atoms with Crippen LogP contribution in [-0.4, -0.2) is 26.4 Å². The molecule has 0 aromatic carbocycles. The second-order valence-corrected chi connectivity index (χ2v) is 4.76. The fourth-order valence-electron chi connectivity index (χ4n) is 1.57. The summed E-state index contributed by atoms with van der Waals surface area (Å²) in [5.74, 6) is 0.182. The van der Waals surface area contributed by atoms with Crippen molar-refractivity contribution in [1.82, 2.24) is 14.5 Å². The van der Waals surface area contributed by atoms with Gasteiger partial charge in [-0.3, -0.25) is 4.79 Å². The van der Waals surface area contributed by atoms with Gasteiger partial charge in [0.25, 0.3) is 0 Å². The lowest BCUT2D eigenvalue weighted by Gasteiger charge is -2.19. The van der Waals surface area contributed by atoms with Crippen LogP contribution < -0.4 is 0 Å². The second kappa shape index (κ2) is 3.82. The third kappa shape index (κ3) is 1.74. The molecule has 0 bridgehead atoms. The van der Waals surface area contributed by atoms with Crippen LogP contribution in [0.15, 0.2) is 0 Å². The van der Waals surface area contributed by atoms with Crippen molar-refractivity contribution in [3.05, 3.63) is 10.0 Å². The molecule has 0 radical (unpaired) electrons. The van der Waals surface area contributed by atoms with Gasteiger partial charge in [-0.25, -0.2) is 0 Å². The highest BCUT2D eigenvalue weighted by Gasteiger charge is 2.28. The van der Waals surface area contributed by atoms with Gasteiger partial charge in [0.2, 0.25) is 5.91 Å². The summed E-state index contributed by atoms with van der Waals surface area (Å²) in [5, 5.41) is 3.89. The summed E-state index contributed by atoms with van der Waals surface area (Å²) in [6, 6.07) is 0.292. The van der Waals surface area contributed by atoms with Crippen LogP contribution in [0, 0.1) is 0 Å². The minimum atomic E-state index is 0.182. The van der Waals surface area contributed by atoms with Gasteiger partial charge in [0, 0.05) is 24.0 Å². The molecule has 1 atom stereocenters. The topological polar surface area (TPSA) is 46.1 Å². The van der Waals surface area contributed by atoms with Crippen molar-refractivity contribution in [2.75, 3.05) is 0 Å². The zero-order valence-electron chi connectivity index (χ0n) is 7.73. The van der Waals surface area contributed by atoms with Gasteiger partial charge in [-0.05, 0) is 13.3 Å². The van der Waals surface area contributed by atoms with E-state index in [-0.39, 0.29) is 5.91 Å². The van der Waals surface area contributed by atoms with Crippen molar-refractivity contribution >= 4 is 29.0 Å². The summed E-state index contributed by atoms with van der Waals surface area (Å²) < 4.78 is 4.32. The van der Waals surface area contributed by atoms with Crippen molar-refractivity contribution in [2.24, 2.45) is 0 Å². The smallest absolute Gasteiger partial charge is 0.223 e. The van der Waals surface area contributed by atoms with E-state index in [4.69, 9.17) is 11.6 Å². The van der Waals surface area contributed by atoms with Crippen LogP contribution in [0.3, 0.4) is 0 Å². The average Bonchev–Trinajstić information content (AvgIpc) is 2.67. The Morgan fingerprint density at radius 2 is 2.50 bits per heavy atom. The van der Waals surface area contributed by atoms with Crippen LogP contribution in [0.25, 0.3) is 0 Å². The van der Waals surface area contributed by atoms with Crippen LogP contribution in [-0.2, 0) is 11.3 Å². The Hall–Kier alpha value is -0.680. The third-order valence-electron chi connectivity index (χ3n) is 2.46. The molecule has 1 amide bonds. The maximum absolute atomic E-state index is 11.5. The van der Waals surface area contributed by atoms with Crippen LogP contribution in [0.1, 0.15) is 25.5 Å². The molecule has 1 aliphatic heterocycles. The first-order chi connectivity index (χ1) is 6.68. The van der Waals surface area contributed by atoms with Gasteiger partial charge in [-0.15, -0.1) is 5.10 Å². The normalized spacial score (nSPS) is 22.0. The summed E-state index contributed by atoms with van der Waals surface area (Å²) in [6.07, 6.45) is 1.56. The number of hydrogen-bond acceptors (Lipinski definition) is 4. The van der Waals surface area contributed by atoms with Crippen molar-refractivity contribution in [3.8, 4) is 0 Å². The first kappa shape index (κ1) is 9.86. The predicted octanol–water partition coefficient (Wildman–Crippen LogP) is 1.70. The fourth-order valence-corrected chi connectivity index (χ4v) is 2.19. The molecule has 2 rings (SSSR count). The number of amides is 1. The Morgan fingerprint density at radius 1 is 1.71 bits per heavy atom. The maximum atomic E-state index is 11.5. The number of carbonyl (C=O) groups is 1. The van der Waals surface area contributed by atoms with Gasteiger partial charge < -0.3 is 4.90 Å². The highest BCUT2D eigenvalue weighted by Crippen LogP contribution is 2.24. The van der Waals surface area contributed by atoms with Crippen LogP contribution in [0.4, 0.5) is 0 Å². The highest BCUT2D eigenvalue weighted by atomic mass is 35.5.